The van der Waals surface area contributed by atoms with Gasteiger partial charge in [0.05, 0.1) is 23.8 Å². The van der Waals surface area contributed by atoms with Crippen LogP contribution in [0.4, 0.5) is 0 Å². The van der Waals surface area contributed by atoms with Crippen molar-refractivity contribution < 1.29 is 4.79 Å². The number of carbonyl (C=O) groups excluding carboxylic acids is 1. The van der Waals surface area contributed by atoms with Gasteiger partial charge in [0, 0.05) is 18.4 Å². The highest BCUT2D eigenvalue weighted by Gasteiger charge is 2.30. The molecule has 1 saturated heterocycles. The lowest BCUT2D eigenvalue weighted by Gasteiger charge is -2.25. The predicted octanol–water partition coefficient (Wildman–Crippen LogP) is 2.16. The van der Waals surface area contributed by atoms with Gasteiger partial charge >= 0.3 is 0 Å². The van der Waals surface area contributed by atoms with Gasteiger partial charge in [0.15, 0.2) is 5.65 Å². The van der Waals surface area contributed by atoms with Crippen molar-refractivity contribution in [1.82, 2.24) is 29.3 Å². The second kappa shape index (κ2) is 5.98. The standard InChI is InChI=1S/C18H22N6O/c1-12-9-13(2)24(21-12)11-16-5-4-8-22(16)18(25)15-6-7-17-20-19-14(3)23(17)10-15/h6-7,9-10,16H,4-5,8,11H2,1-3H3/t16-/m0/s1. The molecule has 0 N–H and O–H groups in total. The average molecular weight is 338 g/mol. The molecule has 1 fully saturated rings. The van der Waals surface area contributed by atoms with E-state index < -0.39 is 0 Å². The molecule has 1 aliphatic heterocycles. The Balaban J connectivity index is 1.59. The van der Waals surface area contributed by atoms with E-state index in [1.165, 1.54) is 0 Å². The summed E-state index contributed by atoms with van der Waals surface area (Å²) >= 11 is 0. The second-order valence-corrected chi connectivity index (χ2v) is 6.80. The van der Waals surface area contributed by atoms with Gasteiger partial charge in [-0.2, -0.15) is 5.10 Å². The Morgan fingerprint density at radius 1 is 1.24 bits per heavy atom. The molecule has 3 aromatic rings. The molecule has 0 unspecified atom stereocenters. The molecule has 0 aliphatic carbocycles. The molecule has 0 saturated carbocycles. The Morgan fingerprint density at radius 2 is 2.08 bits per heavy atom. The molecule has 3 aromatic heterocycles. The summed E-state index contributed by atoms with van der Waals surface area (Å²) in [7, 11) is 0. The van der Waals surface area contributed by atoms with E-state index in [1.54, 1.807) is 0 Å². The summed E-state index contributed by atoms with van der Waals surface area (Å²) in [4.78, 5) is 15.0. The van der Waals surface area contributed by atoms with Crippen LogP contribution in [-0.4, -0.2) is 47.8 Å². The SMILES string of the molecule is Cc1cc(C)n(C[C@@H]2CCCN2C(=O)c2ccc3nnc(C)n3c2)n1. The highest BCUT2D eigenvalue weighted by molar-refractivity contribution is 5.94. The summed E-state index contributed by atoms with van der Waals surface area (Å²) in [6.45, 7) is 7.48. The number of carbonyl (C=O) groups is 1. The zero-order valence-corrected chi connectivity index (χ0v) is 14.8. The molecule has 1 aliphatic rings. The topological polar surface area (TPSA) is 68.3 Å². The number of nitrogens with zero attached hydrogens (tertiary/aromatic N) is 6. The number of pyridine rings is 1. The Bertz CT molecular complexity index is 940. The Hall–Kier alpha value is -2.70. The first-order valence-electron chi connectivity index (χ1n) is 8.66. The highest BCUT2D eigenvalue weighted by Crippen LogP contribution is 2.22. The average Bonchev–Trinajstić information content (AvgIpc) is 3.28. The molecule has 7 heteroatoms. The fourth-order valence-electron chi connectivity index (χ4n) is 3.65. The maximum absolute atomic E-state index is 13.1. The third-order valence-electron chi connectivity index (χ3n) is 4.94. The first kappa shape index (κ1) is 15.8. The van der Waals surface area contributed by atoms with Gasteiger partial charge in [0.1, 0.15) is 5.82 Å². The normalized spacial score (nSPS) is 17.6. The van der Waals surface area contributed by atoms with Crippen molar-refractivity contribution in [1.29, 1.82) is 0 Å². The van der Waals surface area contributed by atoms with E-state index >= 15 is 0 Å². The quantitative estimate of drug-likeness (QED) is 0.734. The predicted molar refractivity (Wildman–Crippen MR) is 93.5 cm³/mol. The fraction of sp³-hybridized carbons (Fsp3) is 0.444. The zero-order valence-electron chi connectivity index (χ0n) is 14.8. The maximum atomic E-state index is 13.1. The van der Waals surface area contributed by atoms with Gasteiger partial charge in [-0.05, 0) is 51.8 Å². The first-order valence-corrected chi connectivity index (χ1v) is 8.66. The lowest BCUT2D eigenvalue weighted by atomic mass is 10.2. The summed E-state index contributed by atoms with van der Waals surface area (Å²) in [5.74, 6) is 0.851. The van der Waals surface area contributed by atoms with Crippen LogP contribution in [0.5, 0.6) is 0 Å². The van der Waals surface area contributed by atoms with E-state index in [-0.39, 0.29) is 11.9 Å². The minimum absolute atomic E-state index is 0.0685. The van der Waals surface area contributed by atoms with Crippen molar-refractivity contribution in [2.24, 2.45) is 0 Å². The van der Waals surface area contributed by atoms with Gasteiger partial charge in [-0.1, -0.05) is 0 Å². The third kappa shape index (κ3) is 2.79. The fourth-order valence-corrected chi connectivity index (χ4v) is 3.65. The number of rotatable bonds is 3. The minimum atomic E-state index is 0.0685. The van der Waals surface area contributed by atoms with Gasteiger partial charge in [-0.25, -0.2) is 0 Å². The van der Waals surface area contributed by atoms with Crippen LogP contribution in [-0.2, 0) is 6.54 Å². The number of aryl methyl sites for hydroxylation is 3. The van der Waals surface area contributed by atoms with Gasteiger partial charge in [0.2, 0.25) is 0 Å². The molecular formula is C18H22N6O. The highest BCUT2D eigenvalue weighted by atomic mass is 16.2. The Kier molecular flexibility index (Phi) is 3.78. The molecule has 25 heavy (non-hydrogen) atoms. The number of fused-ring (bicyclic) bond motifs is 1. The molecular weight excluding hydrogens is 316 g/mol. The molecule has 130 valence electrons. The van der Waals surface area contributed by atoms with Crippen LogP contribution in [0.15, 0.2) is 24.4 Å². The van der Waals surface area contributed by atoms with Crippen LogP contribution in [0.1, 0.15) is 40.4 Å². The van der Waals surface area contributed by atoms with Gasteiger partial charge in [-0.3, -0.25) is 13.9 Å². The third-order valence-corrected chi connectivity index (χ3v) is 4.94. The van der Waals surface area contributed by atoms with Gasteiger partial charge in [-0.15, -0.1) is 10.2 Å². The number of amides is 1. The van der Waals surface area contributed by atoms with Crippen LogP contribution < -0.4 is 0 Å². The number of hydrogen-bond donors (Lipinski definition) is 0. The van der Waals surface area contributed by atoms with Gasteiger partial charge in [0.25, 0.3) is 5.91 Å². The summed E-state index contributed by atoms with van der Waals surface area (Å²) < 4.78 is 3.87. The summed E-state index contributed by atoms with van der Waals surface area (Å²) in [5.41, 5.74) is 3.59. The van der Waals surface area contributed by atoms with E-state index in [9.17, 15) is 4.79 Å². The van der Waals surface area contributed by atoms with Crippen molar-refractivity contribution in [2.45, 2.75) is 46.2 Å². The molecule has 4 rings (SSSR count). The van der Waals surface area contributed by atoms with Crippen molar-refractivity contribution in [3.63, 3.8) is 0 Å². The summed E-state index contributed by atoms with van der Waals surface area (Å²) in [5, 5.41) is 12.7. The van der Waals surface area contributed by atoms with E-state index in [2.05, 4.69) is 28.3 Å². The van der Waals surface area contributed by atoms with Crippen LogP contribution in [0.2, 0.25) is 0 Å². The van der Waals surface area contributed by atoms with E-state index in [1.807, 2.05) is 46.2 Å². The molecule has 0 aromatic carbocycles. The minimum Gasteiger partial charge on any atom is -0.334 e. The van der Waals surface area contributed by atoms with Crippen molar-refractivity contribution >= 4 is 11.6 Å². The van der Waals surface area contributed by atoms with Crippen molar-refractivity contribution in [3.05, 3.63) is 47.2 Å². The number of aromatic nitrogens is 5. The largest absolute Gasteiger partial charge is 0.334 e. The maximum Gasteiger partial charge on any atom is 0.255 e. The van der Waals surface area contributed by atoms with E-state index in [0.717, 1.165) is 48.8 Å². The first-order chi connectivity index (χ1) is 12.0. The van der Waals surface area contributed by atoms with Crippen LogP contribution in [0.3, 0.4) is 0 Å². The monoisotopic (exact) mass is 338 g/mol. The molecule has 0 radical (unpaired) electrons. The summed E-state index contributed by atoms with van der Waals surface area (Å²) in [6, 6.07) is 5.94. The van der Waals surface area contributed by atoms with Crippen molar-refractivity contribution in [3.8, 4) is 0 Å². The van der Waals surface area contributed by atoms with Crippen LogP contribution >= 0.6 is 0 Å². The Labute approximate surface area is 146 Å². The molecule has 0 bridgehead atoms. The van der Waals surface area contributed by atoms with E-state index in [4.69, 9.17) is 0 Å². The molecule has 4 heterocycles. The smallest absolute Gasteiger partial charge is 0.255 e. The molecule has 1 atom stereocenters. The van der Waals surface area contributed by atoms with E-state index in [0.29, 0.717) is 5.56 Å². The lowest BCUT2D eigenvalue weighted by molar-refractivity contribution is 0.0720. The molecule has 7 nitrogen and oxygen atoms in total. The lowest BCUT2D eigenvalue weighted by Crippen LogP contribution is -2.38. The summed E-state index contributed by atoms with van der Waals surface area (Å²) in [6.07, 6.45) is 3.88. The van der Waals surface area contributed by atoms with Crippen molar-refractivity contribution in [2.75, 3.05) is 6.54 Å². The second-order valence-electron chi connectivity index (χ2n) is 6.80. The van der Waals surface area contributed by atoms with Crippen LogP contribution in [0.25, 0.3) is 5.65 Å². The molecule has 0 spiro atoms. The number of likely N-dealkylation sites (tertiary alicyclic amines) is 1. The molecule has 1 amide bonds. The Morgan fingerprint density at radius 3 is 2.84 bits per heavy atom. The number of hydrogen-bond acceptors (Lipinski definition) is 4. The van der Waals surface area contributed by atoms with Crippen LogP contribution in [0, 0.1) is 20.8 Å². The van der Waals surface area contributed by atoms with Gasteiger partial charge < -0.3 is 4.90 Å². The zero-order chi connectivity index (χ0) is 17.6.